The Hall–Kier alpha value is -0.263. The maximum absolute atomic E-state index is 5.43. The number of hydrogen-bond acceptors (Lipinski definition) is 4. The van der Waals surface area contributed by atoms with Crippen LogP contribution in [-0.4, -0.2) is 28.6 Å². The molecule has 1 unspecified atom stereocenters. The van der Waals surface area contributed by atoms with E-state index in [1.54, 1.807) is 25.0 Å². The first-order chi connectivity index (χ1) is 7.76. The van der Waals surface area contributed by atoms with Crippen LogP contribution in [0.4, 0.5) is 0 Å². The van der Waals surface area contributed by atoms with Crippen molar-refractivity contribution in [3.05, 3.63) is 18.2 Å². The Morgan fingerprint density at radius 1 is 1.38 bits per heavy atom. The molecule has 0 N–H and O–H groups in total. The van der Waals surface area contributed by atoms with Crippen LogP contribution in [0.3, 0.4) is 0 Å². The van der Waals surface area contributed by atoms with Gasteiger partial charge in [-0.3, -0.25) is 0 Å². The van der Waals surface area contributed by atoms with Crippen molar-refractivity contribution in [3.63, 3.8) is 0 Å². The fourth-order valence-corrected chi connectivity index (χ4v) is 5.28. The van der Waals surface area contributed by atoms with Gasteiger partial charge in [-0.15, -0.1) is 11.7 Å². The van der Waals surface area contributed by atoms with Gasteiger partial charge in [0.2, 0.25) is 0 Å². The van der Waals surface area contributed by atoms with E-state index in [1.807, 2.05) is 12.1 Å². The number of para-hydroxylation sites is 1. The van der Waals surface area contributed by atoms with Gasteiger partial charge in [0.05, 0.1) is 23.7 Å². The Bertz CT molecular complexity index is 330. The molecule has 1 aromatic carbocycles. The van der Waals surface area contributed by atoms with Gasteiger partial charge in [0.1, 0.15) is 0 Å². The van der Waals surface area contributed by atoms with Gasteiger partial charge in [-0.2, -0.15) is 0 Å². The quantitative estimate of drug-likeness (QED) is 0.485. The van der Waals surface area contributed by atoms with E-state index in [0.29, 0.717) is 4.87 Å². The zero-order valence-corrected chi connectivity index (χ0v) is 13.0. The average Bonchev–Trinajstić information content (AvgIpc) is 2.35. The van der Waals surface area contributed by atoms with Crippen LogP contribution in [0.1, 0.15) is 13.3 Å². The number of hydrogen-bond donors (Lipinski definition) is 1. The minimum Gasteiger partial charge on any atom is -0.493 e. The molecule has 0 aliphatic carbocycles. The summed E-state index contributed by atoms with van der Waals surface area (Å²) in [6.45, 7) is 2.20. The average molecular weight is 274 g/mol. The van der Waals surface area contributed by atoms with Crippen molar-refractivity contribution in [2.75, 3.05) is 14.2 Å². The lowest BCUT2D eigenvalue weighted by Crippen LogP contribution is -2.26. The maximum Gasteiger partial charge on any atom is 0.160 e. The first-order valence-corrected chi connectivity index (χ1v) is 8.72. The summed E-state index contributed by atoms with van der Waals surface area (Å²) < 4.78 is 10.7. The van der Waals surface area contributed by atoms with Gasteiger partial charge in [-0.1, -0.05) is 29.9 Å². The van der Waals surface area contributed by atoms with Crippen molar-refractivity contribution < 1.29 is 9.47 Å². The number of methoxy groups -OCH3 is 2. The lowest BCUT2D eigenvalue weighted by Gasteiger charge is -2.15. The zero-order valence-electron chi connectivity index (χ0n) is 9.90. The van der Waals surface area contributed by atoms with Crippen molar-refractivity contribution in [2.24, 2.45) is 0 Å². The zero-order chi connectivity index (χ0) is 12.0. The Kier molecular flexibility index (Phi) is 6.16. The highest BCUT2D eigenvalue weighted by atomic mass is 33.1. The minimum atomic E-state index is -0.387. The summed E-state index contributed by atoms with van der Waals surface area (Å²) in [5, 5.41) is 1.32. The Balaban J connectivity index is 2.94. The molecule has 0 bridgehead atoms. The Labute approximate surface area is 109 Å². The smallest absolute Gasteiger partial charge is 0.160 e. The van der Waals surface area contributed by atoms with E-state index in [1.165, 1.54) is 5.19 Å². The van der Waals surface area contributed by atoms with E-state index < -0.39 is 0 Å². The molecule has 0 fully saturated rings. The molecule has 0 aliphatic heterocycles. The topological polar surface area (TPSA) is 18.5 Å². The highest BCUT2D eigenvalue weighted by Gasteiger charge is 2.14. The third kappa shape index (κ3) is 3.36. The van der Waals surface area contributed by atoms with Gasteiger partial charge < -0.3 is 9.47 Å². The summed E-state index contributed by atoms with van der Waals surface area (Å²) in [5.41, 5.74) is 0. The normalized spacial score (nSPS) is 13.0. The Morgan fingerprint density at radius 2 is 2.12 bits per heavy atom. The summed E-state index contributed by atoms with van der Waals surface area (Å²) in [6, 6.07) is 6.10. The summed E-state index contributed by atoms with van der Waals surface area (Å²) in [5.74, 6) is 1.73. The largest absolute Gasteiger partial charge is 0.493 e. The van der Waals surface area contributed by atoms with Crippen LogP contribution < -0.4 is 14.7 Å². The van der Waals surface area contributed by atoms with E-state index in [-0.39, 0.29) is 9.52 Å². The first-order valence-electron chi connectivity index (χ1n) is 5.26. The summed E-state index contributed by atoms with van der Waals surface area (Å²) in [7, 11) is 4.64. The molecule has 1 rings (SSSR count). The SMILES string of the molecule is CCC([SiH2]c1cccc(OC)c1OC)SS. The maximum atomic E-state index is 5.43. The molecule has 1 aromatic rings. The molecule has 1 atom stereocenters. The molecule has 0 spiro atoms. The third-order valence-electron chi connectivity index (χ3n) is 2.54. The van der Waals surface area contributed by atoms with E-state index >= 15 is 0 Å². The van der Waals surface area contributed by atoms with E-state index in [4.69, 9.17) is 9.47 Å². The molecule has 16 heavy (non-hydrogen) atoms. The number of rotatable bonds is 6. The molecule has 0 radical (unpaired) electrons. The summed E-state index contributed by atoms with van der Waals surface area (Å²) in [4.78, 5) is 0.643. The molecule has 0 saturated heterocycles. The molecule has 0 saturated carbocycles. The molecule has 0 aromatic heterocycles. The van der Waals surface area contributed by atoms with Gasteiger partial charge in [0, 0.05) is 4.87 Å². The summed E-state index contributed by atoms with van der Waals surface area (Å²) >= 11 is 4.32. The number of ether oxygens (including phenoxy) is 2. The highest BCUT2D eigenvalue weighted by molar-refractivity contribution is 8.69. The van der Waals surface area contributed by atoms with Crippen LogP contribution >= 0.6 is 22.5 Å². The van der Waals surface area contributed by atoms with E-state index in [2.05, 4.69) is 24.7 Å². The number of thiol groups is 1. The third-order valence-corrected chi connectivity index (χ3v) is 7.93. The molecule has 90 valence electrons. The predicted octanol–water partition coefficient (Wildman–Crippen LogP) is 1.81. The molecular formula is C11H18O2S2Si. The fourth-order valence-electron chi connectivity index (χ4n) is 1.62. The minimum absolute atomic E-state index is 0.387. The van der Waals surface area contributed by atoms with Crippen LogP contribution in [0.25, 0.3) is 0 Å². The van der Waals surface area contributed by atoms with Crippen LogP contribution in [0.15, 0.2) is 18.2 Å². The van der Waals surface area contributed by atoms with Crippen LogP contribution in [0, 0.1) is 0 Å². The predicted molar refractivity (Wildman–Crippen MR) is 78.4 cm³/mol. The summed E-state index contributed by atoms with van der Waals surface area (Å²) in [6.07, 6.45) is 1.15. The van der Waals surface area contributed by atoms with Gasteiger partial charge in [0.25, 0.3) is 0 Å². The van der Waals surface area contributed by atoms with Crippen LogP contribution in [0.5, 0.6) is 11.5 Å². The standard InChI is InChI=1S/C11H18O2S2Si/c1-4-10(15-14)16-9-7-5-6-8(12-2)11(9)13-3/h5-7,10,14H,4,16H2,1-3H3. The molecule has 0 heterocycles. The van der Waals surface area contributed by atoms with Gasteiger partial charge in [0.15, 0.2) is 11.5 Å². The number of benzene rings is 1. The molecular weight excluding hydrogens is 256 g/mol. The first kappa shape index (κ1) is 13.8. The van der Waals surface area contributed by atoms with Crippen molar-refractivity contribution in [3.8, 4) is 11.5 Å². The van der Waals surface area contributed by atoms with Crippen LogP contribution in [0.2, 0.25) is 0 Å². The fraction of sp³-hybridized carbons (Fsp3) is 0.455. The second-order valence-corrected chi connectivity index (χ2v) is 7.75. The van der Waals surface area contributed by atoms with Crippen molar-refractivity contribution >= 4 is 37.2 Å². The molecule has 0 amide bonds. The molecule has 5 heteroatoms. The van der Waals surface area contributed by atoms with E-state index in [0.717, 1.165) is 17.9 Å². The van der Waals surface area contributed by atoms with E-state index in [9.17, 15) is 0 Å². The second-order valence-electron chi connectivity index (χ2n) is 3.49. The van der Waals surface area contributed by atoms with Crippen molar-refractivity contribution in [1.29, 1.82) is 0 Å². The van der Waals surface area contributed by atoms with Crippen molar-refractivity contribution in [2.45, 2.75) is 18.2 Å². The highest BCUT2D eigenvalue weighted by Crippen LogP contribution is 2.25. The van der Waals surface area contributed by atoms with Crippen molar-refractivity contribution in [1.82, 2.24) is 0 Å². The van der Waals surface area contributed by atoms with Gasteiger partial charge in [-0.05, 0) is 17.7 Å². The van der Waals surface area contributed by atoms with Gasteiger partial charge >= 0.3 is 0 Å². The monoisotopic (exact) mass is 274 g/mol. The molecule has 2 nitrogen and oxygen atoms in total. The lowest BCUT2D eigenvalue weighted by atomic mass is 10.3. The molecule has 0 aliphatic rings. The van der Waals surface area contributed by atoms with Crippen LogP contribution in [-0.2, 0) is 0 Å². The lowest BCUT2D eigenvalue weighted by molar-refractivity contribution is 0.357. The Morgan fingerprint density at radius 3 is 2.62 bits per heavy atom. The van der Waals surface area contributed by atoms with Gasteiger partial charge in [-0.25, -0.2) is 0 Å². The second kappa shape index (κ2) is 7.14.